The van der Waals surface area contributed by atoms with Crippen LogP contribution < -0.4 is 14.8 Å². The SMILES string of the molecule is CCOc1ccc(NC(=O)CN2CCSC2=O)cc1OC. The lowest BCUT2D eigenvalue weighted by atomic mass is 10.2. The van der Waals surface area contributed by atoms with Gasteiger partial charge in [-0.3, -0.25) is 9.59 Å². The number of benzene rings is 1. The van der Waals surface area contributed by atoms with Gasteiger partial charge in [-0.2, -0.15) is 0 Å². The summed E-state index contributed by atoms with van der Waals surface area (Å²) >= 11 is 1.24. The van der Waals surface area contributed by atoms with Crippen molar-refractivity contribution in [3.05, 3.63) is 18.2 Å². The summed E-state index contributed by atoms with van der Waals surface area (Å²) in [5, 5.41) is 2.71. The Morgan fingerprint density at radius 2 is 2.24 bits per heavy atom. The summed E-state index contributed by atoms with van der Waals surface area (Å²) in [6.07, 6.45) is 0. The molecule has 0 aliphatic carbocycles. The maximum atomic E-state index is 11.9. The predicted molar refractivity (Wildman–Crippen MR) is 82.2 cm³/mol. The van der Waals surface area contributed by atoms with Gasteiger partial charge in [0.15, 0.2) is 11.5 Å². The molecular weight excluding hydrogens is 292 g/mol. The highest BCUT2D eigenvalue weighted by Gasteiger charge is 2.23. The van der Waals surface area contributed by atoms with E-state index in [4.69, 9.17) is 9.47 Å². The summed E-state index contributed by atoms with van der Waals surface area (Å²) < 4.78 is 10.6. The second-order valence-corrected chi connectivity index (χ2v) is 5.43. The number of methoxy groups -OCH3 is 1. The lowest BCUT2D eigenvalue weighted by Gasteiger charge is -2.15. The maximum Gasteiger partial charge on any atom is 0.282 e. The van der Waals surface area contributed by atoms with Crippen molar-refractivity contribution in [3.63, 3.8) is 0 Å². The molecule has 0 spiro atoms. The summed E-state index contributed by atoms with van der Waals surface area (Å²) in [6, 6.07) is 5.18. The van der Waals surface area contributed by atoms with E-state index in [9.17, 15) is 9.59 Å². The Labute approximate surface area is 127 Å². The van der Waals surface area contributed by atoms with E-state index in [1.54, 1.807) is 25.3 Å². The number of anilines is 1. The zero-order valence-electron chi connectivity index (χ0n) is 12.0. The van der Waals surface area contributed by atoms with Gasteiger partial charge in [0.05, 0.1) is 13.7 Å². The van der Waals surface area contributed by atoms with E-state index in [2.05, 4.69) is 5.32 Å². The number of hydrogen-bond donors (Lipinski definition) is 1. The summed E-state index contributed by atoms with van der Waals surface area (Å²) in [7, 11) is 1.55. The molecule has 1 aromatic carbocycles. The van der Waals surface area contributed by atoms with Gasteiger partial charge in [-0.1, -0.05) is 11.8 Å². The highest BCUT2D eigenvalue weighted by atomic mass is 32.2. The first kappa shape index (κ1) is 15.5. The predicted octanol–water partition coefficient (Wildman–Crippen LogP) is 2.20. The molecule has 0 atom stereocenters. The van der Waals surface area contributed by atoms with Crippen LogP contribution in [0.15, 0.2) is 18.2 Å². The van der Waals surface area contributed by atoms with E-state index in [1.165, 1.54) is 16.7 Å². The summed E-state index contributed by atoms with van der Waals surface area (Å²) in [4.78, 5) is 24.9. The van der Waals surface area contributed by atoms with Gasteiger partial charge < -0.3 is 19.7 Å². The lowest BCUT2D eigenvalue weighted by molar-refractivity contribution is -0.116. The van der Waals surface area contributed by atoms with E-state index in [1.807, 2.05) is 6.92 Å². The van der Waals surface area contributed by atoms with Gasteiger partial charge >= 0.3 is 0 Å². The number of nitrogens with one attached hydrogen (secondary N) is 1. The topological polar surface area (TPSA) is 67.9 Å². The third-order valence-electron chi connectivity index (χ3n) is 2.93. The molecule has 1 heterocycles. The monoisotopic (exact) mass is 310 g/mol. The number of carbonyl (C=O) groups is 2. The number of rotatable bonds is 6. The molecule has 1 saturated heterocycles. The average molecular weight is 310 g/mol. The fourth-order valence-electron chi connectivity index (χ4n) is 1.96. The van der Waals surface area contributed by atoms with Crippen molar-refractivity contribution < 1.29 is 19.1 Å². The van der Waals surface area contributed by atoms with Crippen molar-refractivity contribution in [2.24, 2.45) is 0 Å². The second-order valence-electron chi connectivity index (χ2n) is 4.38. The molecule has 0 saturated carbocycles. The molecule has 0 bridgehead atoms. The van der Waals surface area contributed by atoms with Crippen molar-refractivity contribution >= 4 is 28.6 Å². The van der Waals surface area contributed by atoms with Crippen LogP contribution in [0.2, 0.25) is 0 Å². The number of amides is 2. The van der Waals surface area contributed by atoms with Gasteiger partial charge in [0.2, 0.25) is 5.91 Å². The molecule has 6 nitrogen and oxygen atoms in total. The van der Waals surface area contributed by atoms with Gasteiger partial charge in [0.1, 0.15) is 6.54 Å². The van der Waals surface area contributed by atoms with Crippen LogP contribution in [0, 0.1) is 0 Å². The molecule has 1 fully saturated rings. The quantitative estimate of drug-likeness (QED) is 0.872. The molecule has 0 unspecified atom stereocenters. The van der Waals surface area contributed by atoms with Crippen LogP contribution >= 0.6 is 11.8 Å². The molecule has 2 rings (SSSR count). The van der Waals surface area contributed by atoms with E-state index in [-0.39, 0.29) is 17.7 Å². The maximum absolute atomic E-state index is 11.9. The van der Waals surface area contributed by atoms with Crippen LogP contribution in [-0.4, -0.2) is 48.6 Å². The van der Waals surface area contributed by atoms with Crippen LogP contribution in [0.25, 0.3) is 0 Å². The van der Waals surface area contributed by atoms with E-state index >= 15 is 0 Å². The number of hydrogen-bond acceptors (Lipinski definition) is 5. The Morgan fingerprint density at radius 1 is 1.43 bits per heavy atom. The number of thioether (sulfide) groups is 1. The van der Waals surface area contributed by atoms with Gasteiger partial charge in [0, 0.05) is 24.1 Å². The molecule has 114 valence electrons. The Kier molecular flexibility index (Phi) is 5.32. The molecule has 0 aromatic heterocycles. The zero-order valence-corrected chi connectivity index (χ0v) is 12.9. The number of carbonyl (C=O) groups excluding carboxylic acids is 2. The van der Waals surface area contributed by atoms with Gasteiger partial charge in [0.25, 0.3) is 5.24 Å². The summed E-state index contributed by atoms with van der Waals surface area (Å²) in [6.45, 7) is 3.11. The van der Waals surface area contributed by atoms with Gasteiger partial charge in [-0.25, -0.2) is 0 Å². The first-order valence-corrected chi connectivity index (χ1v) is 7.65. The Hall–Kier alpha value is -1.89. The second kappa shape index (κ2) is 7.21. The Morgan fingerprint density at radius 3 is 2.86 bits per heavy atom. The first-order chi connectivity index (χ1) is 10.1. The van der Waals surface area contributed by atoms with Gasteiger partial charge in [-0.05, 0) is 19.1 Å². The highest BCUT2D eigenvalue weighted by molar-refractivity contribution is 8.13. The van der Waals surface area contributed by atoms with Crippen molar-refractivity contribution in [3.8, 4) is 11.5 Å². The molecule has 1 aliphatic heterocycles. The van der Waals surface area contributed by atoms with Gasteiger partial charge in [-0.15, -0.1) is 0 Å². The van der Waals surface area contributed by atoms with E-state index in [0.717, 1.165) is 5.75 Å². The molecule has 0 radical (unpaired) electrons. The molecule has 2 amide bonds. The van der Waals surface area contributed by atoms with Crippen molar-refractivity contribution in [2.45, 2.75) is 6.92 Å². The van der Waals surface area contributed by atoms with E-state index in [0.29, 0.717) is 30.3 Å². The number of nitrogens with zero attached hydrogens (tertiary/aromatic N) is 1. The standard InChI is InChI=1S/C14H18N2O4S/c1-3-20-11-5-4-10(8-12(11)19-2)15-13(17)9-16-6-7-21-14(16)18/h4-5,8H,3,6-7,9H2,1-2H3,(H,15,17). The summed E-state index contributed by atoms with van der Waals surface area (Å²) in [5.41, 5.74) is 0.611. The van der Waals surface area contributed by atoms with Crippen LogP contribution in [0.1, 0.15) is 6.92 Å². The van der Waals surface area contributed by atoms with Crippen LogP contribution in [0.4, 0.5) is 10.5 Å². The molecule has 21 heavy (non-hydrogen) atoms. The zero-order chi connectivity index (χ0) is 15.2. The third-order valence-corrected chi connectivity index (χ3v) is 3.82. The first-order valence-electron chi connectivity index (χ1n) is 6.66. The normalized spacial score (nSPS) is 14.2. The molecule has 1 aromatic rings. The van der Waals surface area contributed by atoms with Crippen molar-refractivity contribution in [1.82, 2.24) is 4.90 Å². The number of ether oxygens (including phenoxy) is 2. The fourth-order valence-corrected chi connectivity index (χ4v) is 2.79. The summed E-state index contributed by atoms with van der Waals surface area (Å²) in [5.74, 6) is 1.70. The highest BCUT2D eigenvalue weighted by Crippen LogP contribution is 2.30. The lowest BCUT2D eigenvalue weighted by Crippen LogP contribution is -2.33. The third kappa shape index (κ3) is 4.04. The molecule has 1 aliphatic rings. The molecule has 7 heteroatoms. The van der Waals surface area contributed by atoms with Crippen LogP contribution in [0.5, 0.6) is 11.5 Å². The minimum atomic E-state index is -0.225. The van der Waals surface area contributed by atoms with E-state index < -0.39 is 0 Å². The average Bonchev–Trinajstić information content (AvgIpc) is 2.86. The minimum absolute atomic E-state index is 0.0468. The van der Waals surface area contributed by atoms with Crippen LogP contribution in [-0.2, 0) is 4.79 Å². The Bertz CT molecular complexity index is 536. The fraction of sp³-hybridized carbons (Fsp3) is 0.429. The van der Waals surface area contributed by atoms with Crippen molar-refractivity contribution in [1.29, 1.82) is 0 Å². The van der Waals surface area contributed by atoms with Crippen molar-refractivity contribution in [2.75, 3.05) is 37.9 Å². The smallest absolute Gasteiger partial charge is 0.282 e. The largest absolute Gasteiger partial charge is 0.493 e. The minimum Gasteiger partial charge on any atom is -0.493 e. The van der Waals surface area contributed by atoms with Crippen LogP contribution in [0.3, 0.4) is 0 Å². The molecular formula is C14H18N2O4S. The Balaban J connectivity index is 1.98. The molecule has 1 N–H and O–H groups in total.